The van der Waals surface area contributed by atoms with Crippen LogP contribution in [0.4, 0.5) is 5.82 Å². The van der Waals surface area contributed by atoms with Crippen LogP contribution in [-0.4, -0.2) is 25.9 Å². The number of para-hydroxylation sites is 1. The van der Waals surface area contributed by atoms with E-state index >= 15 is 0 Å². The summed E-state index contributed by atoms with van der Waals surface area (Å²) in [7, 11) is 0. The molecule has 2 heterocycles. The Balaban J connectivity index is 1.80. The van der Waals surface area contributed by atoms with Crippen LogP contribution in [0.1, 0.15) is 19.4 Å². The molecular weight excluding hydrogens is 290 g/mol. The summed E-state index contributed by atoms with van der Waals surface area (Å²) in [5.41, 5.74) is 2.14. The quantitative estimate of drug-likeness (QED) is 0.758. The molecule has 0 aliphatic carbocycles. The molecule has 0 bridgehead atoms. The number of aromatic nitrogens is 4. The molecular formula is C17H19N5O. The van der Waals surface area contributed by atoms with Crippen LogP contribution in [0.15, 0.2) is 55.1 Å². The SMILES string of the molecule is CC(C)Oc1nccnc1NCc1ccccc1-n1cccn1. The molecule has 6 nitrogen and oxygen atoms in total. The summed E-state index contributed by atoms with van der Waals surface area (Å²) in [6.45, 7) is 4.53. The first kappa shape index (κ1) is 15.0. The van der Waals surface area contributed by atoms with Crippen molar-refractivity contribution in [2.45, 2.75) is 26.5 Å². The largest absolute Gasteiger partial charge is 0.472 e. The predicted molar refractivity (Wildman–Crippen MR) is 88.7 cm³/mol. The molecule has 0 spiro atoms. The van der Waals surface area contributed by atoms with E-state index in [-0.39, 0.29) is 6.10 Å². The molecule has 0 saturated heterocycles. The van der Waals surface area contributed by atoms with Gasteiger partial charge in [-0.3, -0.25) is 0 Å². The minimum Gasteiger partial charge on any atom is -0.472 e. The summed E-state index contributed by atoms with van der Waals surface area (Å²) in [4.78, 5) is 8.56. The number of nitrogens with one attached hydrogen (secondary N) is 1. The Kier molecular flexibility index (Phi) is 4.52. The standard InChI is InChI=1S/C17H19N5O/c1-13(2)23-17-16(18-9-10-19-17)20-12-14-6-3-4-7-15(14)22-11-5-8-21-22/h3-11,13H,12H2,1-2H3,(H,18,20). The summed E-state index contributed by atoms with van der Waals surface area (Å²) in [5, 5.41) is 7.59. The number of hydrogen-bond acceptors (Lipinski definition) is 5. The topological polar surface area (TPSA) is 64.9 Å². The van der Waals surface area contributed by atoms with Crippen molar-refractivity contribution < 1.29 is 4.74 Å². The van der Waals surface area contributed by atoms with Gasteiger partial charge in [-0.05, 0) is 31.5 Å². The minimum atomic E-state index is 0.0450. The van der Waals surface area contributed by atoms with E-state index in [9.17, 15) is 0 Å². The van der Waals surface area contributed by atoms with Crippen molar-refractivity contribution in [1.29, 1.82) is 0 Å². The first-order valence-corrected chi connectivity index (χ1v) is 7.53. The van der Waals surface area contributed by atoms with E-state index < -0.39 is 0 Å². The predicted octanol–water partition coefficient (Wildman–Crippen LogP) is 3.06. The zero-order chi connectivity index (χ0) is 16.1. The van der Waals surface area contributed by atoms with Crippen LogP contribution < -0.4 is 10.1 Å². The highest BCUT2D eigenvalue weighted by atomic mass is 16.5. The third-order valence-corrected chi connectivity index (χ3v) is 3.20. The molecule has 0 atom stereocenters. The second kappa shape index (κ2) is 6.91. The molecule has 0 fully saturated rings. The van der Waals surface area contributed by atoms with E-state index in [4.69, 9.17) is 4.74 Å². The molecule has 0 aliphatic rings. The van der Waals surface area contributed by atoms with Crippen LogP contribution in [-0.2, 0) is 6.54 Å². The lowest BCUT2D eigenvalue weighted by Crippen LogP contribution is -2.12. The fraction of sp³-hybridized carbons (Fsp3) is 0.235. The molecule has 3 rings (SSSR count). The molecule has 0 radical (unpaired) electrons. The lowest BCUT2D eigenvalue weighted by Gasteiger charge is -2.14. The summed E-state index contributed by atoms with van der Waals surface area (Å²) in [5.74, 6) is 1.15. The monoisotopic (exact) mass is 309 g/mol. The van der Waals surface area contributed by atoms with Gasteiger partial charge in [0.05, 0.1) is 11.8 Å². The van der Waals surface area contributed by atoms with Crippen LogP contribution in [0.25, 0.3) is 5.69 Å². The van der Waals surface area contributed by atoms with E-state index in [1.807, 2.05) is 49.0 Å². The molecule has 0 amide bonds. The molecule has 23 heavy (non-hydrogen) atoms. The van der Waals surface area contributed by atoms with Crippen LogP contribution in [0.2, 0.25) is 0 Å². The first-order chi connectivity index (χ1) is 11.2. The average molecular weight is 309 g/mol. The maximum atomic E-state index is 5.68. The van der Waals surface area contributed by atoms with Crippen molar-refractivity contribution in [2.75, 3.05) is 5.32 Å². The molecule has 0 unspecified atom stereocenters. The van der Waals surface area contributed by atoms with Gasteiger partial charge < -0.3 is 10.1 Å². The van der Waals surface area contributed by atoms with Gasteiger partial charge in [-0.15, -0.1) is 0 Å². The zero-order valence-electron chi connectivity index (χ0n) is 13.2. The summed E-state index contributed by atoms with van der Waals surface area (Å²) >= 11 is 0. The van der Waals surface area contributed by atoms with Crippen molar-refractivity contribution >= 4 is 5.82 Å². The van der Waals surface area contributed by atoms with Crippen LogP contribution in [0.3, 0.4) is 0 Å². The fourth-order valence-electron chi connectivity index (χ4n) is 2.23. The number of ether oxygens (including phenoxy) is 1. The zero-order valence-corrected chi connectivity index (χ0v) is 13.2. The highest BCUT2D eigenvalue weighted by molar-refractivity contribution is 5.48. The minimum absolute atomic E-state index is 0.0450. The van der Waals surface area contributed by atoms with Gasteiger partial charge in [-0.2, -0.15) is 5.10 Å². The number of rotatable bonds is 6. The Morgan fingerprint density at radius 1 is 1.09 bits per heavy atom. The second-order valence-electron chi connectivity index (χ2n) is 5.31. The Bertz CT molecular complexity index is 755. The van der Waals surface area contributed by atoms with Crippen LogP contribution in [0, 0.1) is 0 Å². The summed E-state index contributed by atoms with van der Waals surface area (Å²) < 4.78 is 7.53. The third kappa shape index (κ3) is 3.66. The smallest absolute Gasteiger partial charge is 0.257 e. The Labute approximate surface area is 135 Å². The van der Waals surface area contributed by atoms with Crippen LogP contribution >= 0.6 is 0 Å². The molecule has 0 aliphatic heterocycles. The van der Waals surface area contributed by atoms with Gasteiger partial charge in [0.15, 0.2) is 5.82 Å². The Morgan fingerprint density at radius 2 is 1.91 bits per heavy atom. The molecule has 118 valence electrons. The van der Waals surface area contributed by atoms with Gasteiger partial charge >= 0.3 is 0 Å². The Hall–Kier alpha value is -2.89. The van der Waals surface area contributed by atoms with Gasteiger partial charge in [-0.25, -0.2) is 14.6 Å². The van der Waals surface area contributed by atoms with Crippen molar-refractivity contribution in [1.82, 2.24) is 19.7 Å². The maximum absolute atomic E-state index is 5.68. The lowest BCUT2D eigenvalue weighted by molar-refractivity contribution is 0.233. The molecule has 1 N–H and O–H groups in total. The van der Waals surface area contributed by atoms with Gasteiger partial charge in [0.1, 0.15) is 0 Å². The first-order valence-electron chi connectivity index (χ1n) is 7.53. The number of anilines is 1. The summed E-state index contributed by atoms with van der Waals surface area (Å²) in [6.07, 6.45) is 7.01. The number of nitrogens with zero attached hydrogens (tertiary/aromatic N) is 4. The van der Waals surface area contributed by atoms with E-state index in [0.29, 0.717) is 18.2 Å². The highest BCUT2D eigenvalue weighted by Gasteiger charge is 2.10. The third-order valence-electron chi connectivity index (χ3n) is 3.20. The number of hydrogen-bond donors (Lipinski definition) is 1. The van der Waals surface area contributed by atoms with E-state index in [1.54, 1.807) is 18.6 Å². The van der Waals surface area contributed by atoms with Gasteiger partial charge in [0.25, 0.3) is 5.88 Å². The van der Waals surface area contributed by atoms with E-state index in [1.165, 1.54) is 0 Å². The van der Waals surface area contributed by atoms with Gasteiger partial charge in [-0.1, -0.05) is 18.2 Å². The van der Waals surface area contributed by atoms with Crippen molar-refractivity contribution in [2.24, 2.45) is 0 Å². The molecule has 6 heteroatoms. The van der Waals surface area contributed by atoms with Gasteiger partial charge in [0, 0.05) is 31.3 Å². The van der Waals surface area contributed by atoms with Gasteiger partial charge in [0.2, 0.25) is 0 Å². The van der Waals surface area contributed by atoms with E-state index in [2.05, 4.69) is 26.4 Å². The van der Waals surface area contributed by atoms with Crippen molar-refractivity contribution in [3.63, 3.8) is 0 Å². The Morgan fingerprint density at radius 3 is 2.70 bits per heavy atom. The molecule has 3 aromatic rings. The lowest BCUT2D eigenvalue weighted by atomic mass is 10.2. The average Bonchev–Trinajstić information content (AvgIpc) is 3.08. The number of benzene rings is 1. The summed E-state index contributed by atoms with van der Waals surface area (Å²) in [6, 6.07) is 10.00. The van der Waals surface area contributed by atoms with Crippen molar-refractivity contribution in [3.05, 3.63) is 60.7 Å². The normalized spacial score (nSPS) is 10.7. The second-order valence-corrected chi connectivity index (χ2v) is 5.31. The fourth-order valence-corrected chi connectivity index (χ4v) is 2.23. The molecule has 1 aromatic carbocycles. The molecule has 0 saturated carbocycles. The van der Waals surface area contributed by atoms with E-state index in [0.717, 1.165) is 11.3 Å². The maximum Gasteiger partial charge on any atom is 0.257 e. The molecule has 2 aromatic heterocycles. The van der Waals surface area contributed by atoms with Crippen molar-refractivity contribution in [3.8, 4) is 11.6 Å². The highest BCUT2D eigenvalue weighted by Crippen LogP contribution is 2.21. The van der Waals surface area contributed by atoms with Crippen LogP contribution in [0.5, 0.6) is 5.88 Å².